The smallest absolute Gasteiger partial charge is 0.416 e. The Kier molecular flexibility index (Phi) is 7.68. The lowest BCUT2D eigenvalue weighted by atomic mass is 9.85. The molecule has 7 nitrogen and oxygen atoms in total. The van der Waals surface area contributed by atoms with Crippen LogP contribution < -0.4 is 5.32 Å². The topological polar surface area (TPSA) is 92.8 Å². The zero-order valence-electron chi connectivity index (χ0n) is 19.3. The summed E-state index contributed by atoms with van der Waals surface area (Å²) >= 11 is 5.90. The minimum Gasteiger partial charge on any atom is -0.454 e. The molecule has 0 bridgehead atoms. The number of imide groups is 1. The number of allylic oxidation sites excluding steroid dienone is 2. The second kappa shape index (κ2) is 10.8. The lowest BCUT2D eigenvalue weighted by Crippen LogP contribution is -2.48. The highest BCUT2D eigenvalue weighted by Crippen LogP contribution is 2.37. The maximum absolute atomic E-state index is 13.1. The van der Waals surface area contributed by atoms with Crippen molar-refractivity contribution in [2.75, 3.05) is 11.9 Å². The van der Waals surface area contributed by atoms with E-state index in [2.05, 4.69) is 5.32 Å². The van der Waals surface area contributed by atoms with E-state index < -0.39 is 59.9 Å². The van der Waals surface area contributed by atoms with Gasteiger partial charge in [0.05, 0.1) is 28.1 Å². The van der Waals surface area contributed by atoms with Crippen molar-refractivity contribution in [3.05, 3.63) is 76.8 Å². The molecule has 3 amide bonds. The van der Waals surface area contributed by atoms with Crippen molar-refractivity contribution < 1.29 is 37.1 Å². The molecular formula is C26H22ClF3N2O5. The second-order valence-corrected chi connectivity index (χ2v) is 9.16. The van der Waals surface area contributed by atoms with Crippen molar-refractivity contribution in [3.63, 3.8) is 0 Å². The molecule has 4 rings (SSSR count). The van der Waals surface area contributed by atoms with Crippen molar-refractivity contribution in [2.45, 2.75) is 31.5 Å². The first-order valence-electron chi connectivity index (χ1n) is 11.5. The molecule has 2 aliphatic rings. The fraction of sp³-hybridized carbons (Fsp3) is 0.308. The van der Waals surface area contributed by atoms with Gasteiger partial charge in [-0.3, -0.25) is 19.3 Å². The Balaban J connectivity index is 1.48. The number of amides is 3. The maximum atomic E-state index is 13.1. The number of anilines is 1. The van der Waals surface area contributed by atoms with Crippen molar-refractivity contribution >= 4 is 41.0 Å². The van der Waals surface area contributed by atoms with E-state index in [-0.39, 0.29) is 17.1 Å². The number of alkyl halides is 3. The summed E-state index contributed by atoms with van der Waals surface area (Å²) in [6.45, 7) is -0.860. The summed E-state index contributed by atoms with van der Waals surface area (Å²) in [5, 5.41) is 2.05. The first-order valence-corrected chi connectivity index (χ1v) is 11.8. The van der Waals surface area contributed by atoms with Crippen molar-refractivity contribution in [2.24, 2.45) is 11.8 Å². The van der Waals surface area contributed by atoms with Gasteiger partial charge < -0.3 is 10.1 Å². The van der Waals surface area contributed by atoms with Crippen LogP contribution >= 0.6 is 11.6 Å². The molecule has 194 valence electrons. The highest BCUT2D eigenvalue weighted by Gasteiger charge is 2.51. The average Bonchev–Trinajstić information content (AvgIpc) is 3.12. The lowest BCUT2D eigenvalue weighted by Gasteiger charge is -2.25. The summed E-state index contributed by atoms with van der Waals surface area (Å²) < 4.78 is 44.1. The van der Waals surface area contributed by atoms with Crippen LogP contribution in [0.4, 0.5) is 18.9 Å². The summed E-state index contributed by atoms with van der Waals surface area (Å²) in [7, 11) is 0. The lowest BCUT2D eigenvalue weighted by molar-refractivity contribution is -0.160. The van der Waals surface area contributed by atoms with Gasteiger partial charge in [0, 0.05) is 6.42 Å². The van der Waals surface area contributed by atoms with Gasteiger partial charge in [-0.1, -0.05) is 54.1 Å². The summed E-state index contributed by atoms with van der Waals surface area (Å²) in [6.07, 6.45) is -0.251. The van der Waals surface area contributed by atoms with Gasteiger partial charge >= 0.3 is 12.1 Å². The van der Waals surface area contributed by atoms with Crippen LogP contribution in [0, 0.1) is 11.8 Å². The van der Waals surface area contributed by atoms with Gasteiger partial charge in [-0.05, 0) is 36.6 Å². The number of ether oxygens (including phenoxy) is 1. The number of carbonyl (C=O) groups is 4. The first-order chi connectivity index (χ1) is 17.6. The normalized spacial score (nSPS) is 19.9. The number of hydrogen-bond donors (Lipinski definition) is 1. The van der Waals surface area contributed by atoms with Gasteiger partial charge in [0.2, 0.25) is 11.8 Å². The fourth-order valence-corrected chi connectivity index (χ4v) is 4.63. The molecule has 3 atom stereocenters. The predicted molar refractivity (Wildman–Crippen MR) is 127 cm³/mol. The minimum atomic E-state index is -4.65. The summed E-state index contributed by atoms with van der Waals surface area (Å²) in [4.78, 5) is 52.6. The van der Waals surface area contributed by atoms with Gasteiger partial charge in [-0.15, -0.1) is 0 Å². The summed E-state index contributed by atoms with van der Waals surface area (Å²) in [5.74, 6) is -3.99. The van der Waals surface area contributed by atoms with Crippen LogP contribution in [0.1, 0.15) is 24.0 Å². The highest BCUT2D eigenvalue weighted by molar-refractivity contribution is 6.33. The number of nitrogens with one attached hydrogen (secondary N) is 1. The van der Waals surface area contributed by atoms with E-state index in [0.29, 0.717) is 24.5 Å². The Labute approximate surface area is 215 Å². The number of likely N-dealkylation sites (tertiary alicyclic amines) is 1. The molecule has 1 N–H and O–H groups in total. The van der Waals surface area contributed by atoms with Gasteiger partial charge in [-0.25, -0.2) is 4.79 Å². The molecule has 1 aliphatic carbocycles. The summed E-state index contributed by atoms with van der Waals surface area (Å²) in [6, 6.07) is 9.81. The minimum absolute atomic E-state index is 0.0227. The molecule has 2 aromatic carbocycles. The van der Waals surface area contributed by atoms with Gasteiger partial charge in [0.1, 0.15) is 6.04 Å². The summed E-state index contributed by atoms with van der Waals surface area (Å²) in [5.41, 5.74) is -0.660. The number of esters is 1. The maximum Gasteiger partial charge on any atom is 0.416 e. The van der Waals surface area contributed by atoms with Crippen LogP contribution in [-0.4, -0.2) is 41.2 Å². The number of hydrogen-bond acceptors (Lipinski definition) is 5. The van der Waals surface area contributed by atoms with E-state index in [0.717, 1.165) is 17.0 Å². The molecule has 1 saturated heterocycles. The van der Waals surface area contributed by atoms with E-state index in [1.807, 2.05) is 12.2 Å². The third-order valence-corrected chi connectivity index (χ3v) is 6.64. The Morgan fingerprint density at radius 2 is 1.65 bits per heavy atom. The molecule has 0 spiro atoms. The van der Waals surface area contributed by atoms with E-state index in [4.69, 9.17) is 16.3 Å². The van der Waals surface area contributed by atoms with Gasteiger partial charge in [0.15, 0.2) is 6.61 Å². The molecule has 1 heterocycles. The van der Waals surface area contributed by atoms with E-state index in [1.54, 1.807) is 30.3 Å². The zero-order valence-corrected chi connectivity index (χ0v) is 20.1. The highest BCUT2D eigenvalue weighted by atomic mass is 35.5. The number of fused-ring (bicyclic) bond motifs is 1. The standard InChI is InChI=1S/C26H22ClF3N2O5/c27-19-11-10-16(26(28,29)30)13-20(19)31-22(33)14-37-25(36)21(12-15-6-2-1-3-7-15)32-23(34)17-8-4-5-9-18(17)24(32)35/h1-7,10-11,13,17-18,21H,8-9,12,14H2,(H,31,33)/t17-,18+,21-/m0/s1. The number of carbonyl (C=O) groups excluding carboxylic acids is 4. The Hall–Kier alpha value is -3.66. The number of rotatable bonds is 7. The predicted octanol–water partition coefficient (Wildman–Crippen LogP) is 4.40. The molecule has 1 aliphatic heterocycles. The van der Waals surface area contributed by atoms with Crippen LogP contribution in [0.5, 0.6) is 0 Å². The van der Waals surface area contributed by atoms with Crippen LogP contribution in [0.15, 0.2) is 60.7 Å². The molecular weight excluding hydrogens is 513 g/mol. The zero-order chi connectivity index (χ0) is 26.7. The molecule has 0 aromatic heterocycles. The molecule has 2 aromatic rings. The van der Waals surface area contributed by atoms with Crippen LogP contribution in [0.3, 0.4) is 0 Å². The number of nitrogens with zero attached hydrogens (tertiary/aromatic N) is 1. The van der Waals surface area contributed by atoms with Crippen molar-refractivity contribution in [1.29, 1.82) is 0 Å². The largest absolute Gasteiger partial charge is 0.454 e. The molecule has 11 heteroatoms. The Bertz CT molecular complexity index is 1220. The Morgan fingerprint density at radius 1 is 1.03 bits per heavy atom. The van der Waals surface area contributed by atoms with Crippen LogP contribution in [-0.2, 0) is 36.5 Å². The molecule has 0 radical (unpaired) electrons. The van der Waals surface area contributed by atoms with Crippen LogP contribution in [0.2, 0.25) is 5.02 Å². The number of halogens is 4. The third-order valence-electron chi connectivity index (χ3n) is 6.31. The van der Waals surface area contributed by atoms with Crippen LogP contribution in [0.25, 0.3) is 0 Å². The SMILES string of the molecule is O=C(COC(=O)[C@H](Cc1ccccc1)N1C(=O)[C@H]2CC=CC[C@H]2C1=O)Nc1cc(C(F)(F)F)ccc1Cl. The fourth-order valence-electron chi connectivity index (χ4n) is 4.47. The van der Waals surface area contributed by atoms with Gasteiger partial charge in [0.25, 0.3) is 5.91 Å². The second-order valence-electron chi connectivity index (χ2n) is 8.76. The van der Waals surface area contributed by atoms with Crippen molar-refractivity contribution in [3.8, 4) is 0 Å². The van der Waals surface area contributed by atoms with Gasteiger partial charge in [-0.2, -0.15) is 13.2 Å². The average molecular weight is 535 g/mol. The van der Waals surface area contributed by atoms with Crippen molar-refractivity contribution in [1.82, 2.24) is 4.90 Å². The number of benzene rings is 2. The van der Waals surface area contributed by atoms with E-state index in [1.165, 1.54) is 0 Å². The Morgan fingerprint density at radius 3 is 2.24 bits per heavy atom. The quantitative estimate of drug-likeness (QED) is 0.323. The third kappa shape index (κ3) is 5.85. The first kappa shape index (κ1) is 26.4. The monoisotopic (exact) mass is 534 g/mol. The van der Waals surface area contributed by atoms with E-state index >= 15 is 0 Å². The molecule has 0 unspecified atom stereocenters. The molecule has 0 saturated carbocycles. The van der Waals surface area contributed by atoms with E-state index in [9.17, 15) is 32.3 Å². The molecule has 37 heavy (non-hydrogen) atoms. The molecule has 1 fully saturated rings.